The maximum atomic E-state index is 11.7. The van der Waals surface area contributed by atoms with Crippen molar-refractivity contribution in [3.05, 3.63) is 46.9 Å². The molecule has 24 heavy (non-hydrogen) atoms. The normalized spacial score (nSPS) is 15.5. The van der Waals surface area contributed by atoms with Crippen LogP contribution in [0.25, 0.3) is 4.96 Å². The van der Waals surface area contributed by atoms with Gasteiger partial charge in [-0.3, -0.25) is 4.79 Å². The molecule has 0 radical (unpaired) electrons. The van der Waals surface area contributed by atoms with Crippen LogP contribution in [0.5, 0.6) is 10.9 Å². The number of aromatic nitrogens is 3. The third-order valence-electron chi connectivity index (χ3n) is 4.19. The van der Waals surface area contributed by atoms with Gasteiger partial charge in [0.15, 0.2) is 0 Å². The van der Waals surface area contributed by atoms with Gasteiger partial charge in [0.25, 0.3) is 10.8 Å². The molecule has 0 saturated heterocycles. The van der Waals surface area contributed by atoms with Gasteiger partial charge in [-0.05, 0) is 48.4 Å². The first-order chi connectivity index (χ1) is 11.8. The molecule has 0 aliphatic heterocycles. The third-order valence-corrected chi connectivity index (χ3v) is 4.99. The topological polar surface area (TPSA) is 68.5 Å². The van der Waals surface area contributed by atoms with Crippen LogP contribution in [0.3, 0.4) is 0 Å². The van der Waals surface area contributed by atoms with Crippen LogP contribution in [0.2, 0.25) is 0 Å². The Kier molecular flexibility index (Phi) is 4.17. The minimum absolute atomic E-state index is 0.210. The van der Waals surface area contributed by atoms with Gasteiger partial charge in [0.05, 0.1) is 0 Å². The van der Waals surface area contributed by atoms with Crippen LogP contribution in [0, 0.1) is 0 Å². The van der Waals surface area contributed by atoms with E-state index in [-0.39, 0.29) is 5.56 Å². The average molecular weight is 342 g/mol. The van der Waals surface area contributed by atoms with Crippen molar-refractivity contribution in [1.82, 2.24) is 14.6 Å². The van der Waals surface area contributed by atoms with E-state index < -0.39 is 0 Å². The summed E-state index contributed by atoms with van der Waals surface area (Å²) < 4.78 is 6.99. The van der Waals surface area contributed by atoms with Crippen LogP contribution < -0.4 is 15.6 Å². The molecule has 2 heterocycles. The van der Waals surface area contributed by atoms with E-state index in [1.54, 1.807) is 0 Å². The Bertz CT molecular complexity index is 881. The Labute approximate surface area is 143 Å². The van der Waals surface area contributed by atoms with E-state index in [9.17, 15) is 4.79 Å². The third kappa shape index (κ3) is 3.26. The van der Waals surface area contributed by atoms with Crippen molar-refractivity contribution in [2.45, 2.75) is 38.1 Å². The van der Waals surface area contributed by atoms with Gasteiger partial charge in [0.1, 0.15) is 5.75 Å². The highest BCUT2D eigenvalue weighted by Crippen LogP contribution is 2.27. The predicted molar refractivity (Wildman–Crippen MR) is 94.1 cm³/mol. The summed E-state index contributed by atoms with van der Waals surface area (Å²) in [7, 11) is 0. The molecule has 1 aromatic carbocycles. The molecular weight excluding hydrogens is 324 g/mol. The number of nitrogens with one attached hydrogen (secondary N) is 1. The molecular formula is C17H18N4O2S. The Morgan fingerprint density at radius 3 is 2.67 bits per heavy atom. The zero-order chi connectivity index (χ0) is 16.4. The molecule has 7 heteroatoms. The van der Waals surface area contributed by atoms with E-state index in [4.69, 9.17) is 4.74 Å². The van der Waals surface area contributed by atoms with Gasteiger partial charge in [-0.2, -0.15) is 4.52 Å². The number of hydrogen-bond acceptors (Lipinski definition) is 6. The molecule has 1 aliphatic carbocycles. The van der Waals surface area contributed by atoms with E-state index in [1.807, 2.05) is 24.3 Å². The molecule has 2 aromatic heterocycles. The minimum Gasteiger partial charge on any atom is -0.430 e. The Hall–Kier alpha value is -2.41. The number of ether oxygens (including phenoxy) is 1. The molecule has 0 bridgehead atoms. The summed E-state index contributed by atoms with van der Waals surface area (Å²) in [5, 5.41) is 8.12. The molecule has 1 N–H and O–H groups in total. The van der Waals surface area contributed by atoms with E-state index in [2.05, 4.69) is 15.4 Å². The summed E-state index contributed by atoms with van der Waals surface area (Å²) in [5.74, 6) is 0.691. The first kappa shape index (κ1) is 15.1. The van der Waals surface area contributed by atoms with Crippen LogP contribution in [0.4, 0.5) is 5.69 Å². The number of anilines is 1. The van der Waals surface area contributed by atoms with Gasteiger partial charge >= 0.3 is 0 Å². The number of rotatable bonds is 4. The first-order valence-corrected chi connectivity index (χ1v) is 8.99. The molecule has 0 spiro atoms. The van der Waals surface area contributed by atoms with Crippen LogP contribution in [-0.2, 0) is 0 Å². The molecule has 1 saturated carbocycles. The lowest BCUT2D eigenvalue weighted by molar-refractivity contribution is 0.462. The zero-order valence-corrected chi connectivity index (χ0v) is 14.0. The fraction of sp³-hybridized carbons (Fsp3) is 0.353. The molecule has 6 nitrogen and oxygen atoms in total. The fourth-order valence-electron chi connectivity index (χ4n) is 2.97. The molecule has 124 valence electrons. The molecule has 1 aliphatic rings. The molecule has 3 aromatic rings. The van der Waals surface area contributed by atoms with Gasteiger partial charge in [-0.1, -0.05) is 19.3 Å². The van der Waals surface area contributed by atoms with Crippen molar-refractivity contribution in [3.63, 3.8) is 0 Å². The van der Waals surface area contributed by atoms with Crippen LogP contribution in [0.1, 0.15) is 32.1 Å². The van der Waals surface area contributed by atoms with Gasteiger partial charge in [0, 0.05) is 24.0 Å². The monoisotopic (exact) mass is 342 g/mol. The maximum Gasteiger partial charge on any atom is 0.299 e. The summed E-state index contributed by atoms with van der Waals surface area (Å²) in [6.45, 7) is 0. The van der Waals surface area contributed by atoms with Gasteiger partial charge < -0.3 is 10.1 Å². The van der Waals surface area contributed by atoms with Gasteiger partial charge in [0.2, 0.25) is 4.96 Å². The van der Waals surface area contributed by atoms with Crippen LogP contribution in [-0.4, -0.2) is 20.6 Å². The highest BCUT2D eigenvalue weighted by molar-refractivity contribution is 7.18. The molecule has 0 amide bonds. The summed E-state index contributed by atoms with van der Waals surface area (Å²) in [5.41, 5.74) is 0.898. The quantitative estimate of drug-likeness (QED) is 0.783. The van der Waals surface area contributed by atoms with Crippen molar-refractivity contribution in [3.8, 4) is 10.9 Å². The zero-order valence-electron chi connectivity index (χ0n) is 13.1. The van der Waals surface area contributed by atoms with Crippen LogP contribution in [0.15, 0.2) is 41.3 Å². The summed E-state index contributed by atoms with van der Waals surface area (Å²) in [6, 6.07) is 9.81. The van der Waals surface area contributed by atoms with Crippen molar-refractivity contribution >= 4 is 22.0 Å². The smallest absolute Gasteiger partial charge is 0.299 e. The average Bonchev–Trinajstić information content (AvgIpc) is 3.02. The Balaban J connectivity index is 1.46. The summed E-state index contributed by atoms with van der Waals surface area (Å²) in [4.78, 5) is 16.3. The standard InChI is InChI=1S/C17H18N4O2S/c22-15-10-11-18-16-21(15)20-17(24-16)23-14-8-6-13(7-9-14)19-12-4-2-1-3-5-12/h6-12,19H,1-5H2. The largest absolute Gasteiger partial charge is 0.430 e. The molecule has 1 fully saturated rings. The van der Waals surface area contributed by atoms with E-state index >= 15 is 0 Å². The highest BCUT2D eigenvalue weighted by atomic mass is 32.1. The molecule has 0 unspecified atom stereocenters. The van der Waals surface area contributed by atoms with Gasteiger partial charge in [-0.15, -0.1) is 5.10 Å². The number of benzene rings is 1. The number of hydrogen-bond donors (Lipinski definition) is 1. The predicted octanol–water partition coefficient (Wildman–Crippen LogP) is 3.69. The SMILES string of the molecule is O=c1ccnc2sc(Oc3ccc(NC4CCCCC4)cc3)nn12. The van der Waals surface area contributed by atoms with E-state index in [0.29, 0.717) is 21.9 Å². The summed E-state index contributed by atoms with van der Waals surface area (Å²) >= 11 is 1.24. The second kappa shape index (κ2) is 6.60. The van der Waals surface area contributed by atoms with Crippen LogP contribution >= 0.6 is 11.3 Å². The highest BCUT2D eigenvalue weighted by Gasteiger charge is 2.13. The van der Waals surface area contributed by atoms with Crippen molar-refractivity contribution in [1.29, 1.82) is 0 Å². The lowest BCUT2D eigenvalue weighted by Gasteiger charge is -2.23. The lowest BCUT2D eigenvalue weighted by Crippen LogP contribution is -2.22. The number of nitrogens with zero attached hydrogens (tertiary/aromatic N) is 3. The maximum absolute atomic E-state index is 11.7. The molecule has 0 atom stereocenters. The van der Waals surface area contributed by atoms with Crippen molar-refractivity contribution < 1.29 is 4.74 Å². The first-order valence-electron chi connectivity index (χ1n) is 8.17. The van der Waals surface area contributed by atoms with Crippen molar-refractivity contribution in [2.75, 3.05) is 5.32 Å². The lowest BCUT2D eigenvalue weighted by atomic mass is 9.95. The fourth-order valence-corrected chi connectivity index (χ4v) is 3.72. The van der Waals surface area contributed by atoms with E-state index in [1.165, 1.54) is 60.2 Å². The minimum atomic E-state index is -0.210. The van der Waals surface area contributed by atoms with Gasteiger partial charge in [-0.25, -0.2) is 4.98 Å². The summed E-state index contributed by atoms with van der Waals surface area (Å²) in [6.07, 6.45) is 7.93. The van der Waals surface area contributed by atoms with Crippen molar-refractivity contribution in [2.24, 2.45) is 0 Å². The second-order valence-electron chi connectivity index (χ2n) is 5.95. The Morgan fingerprint density at radius 1 is 1.12 bits per heavy atom. The number of fused-ring (bicyclic) bond motifs is 1. The Morgan fingerprint density at radius 2 is 1.92 bits per heavy atom. The molecule has 4 rings (SSSR count). The van der Waals surface area contributed by atoms with E-state index in [0.717, 1.165) is 5.69 Å². The second-order valence-corrected chi connectivity index (χ2v) is 6.87.